The van der Waals surface area contributed by atoms with Crippen LogP contribution in [0.1, 0.15) is 30.8 Å². The van der Waals surface area contributed by atoms with Crippen LogP contribution in [-0.2, 0) is 13.5 Å². The molecule has 1 atom stereocenters. The molecule has 0 aliphatic heterocycles. The number of rotatable bonds is 6. The molecule has 1 aromatic carbocycles. The van der Waals surface area contributed by atoms with Gasteiger partial charge in [0.15, 0.2) is 0 Å². The Balaban J connectivity index is 2.34. The van der Waals surface area contributed by atoms with Gasteiger partial charge in [0, 0.05) is 29.5 Å². The molecule has 21 heavy (non-hydrogen) atoms. The van der Waals surface area contributed by atoms with Crippen LogP contribution in [0.15, 0.2) is 22.9 Å². The van der Waals surface area contributed by atoms with E-state index in [2.05, 4.69) is 31.3 Å². The zero-order valence-corrected chi connectivity index (χ0v) is 13.5. The summed E-state index contributed by atoms with van der Waals surface area (Å²) >= 11 is 3.09. The van der Waals surface area contributed by atoms with Gasteiger partial charge in [-0.15, -0.1) is 0 Å². The first kappa shape index (κ1) is 16.0. The molecule has 0 saturated heterocycles. The molecule has 0 aliphatic rings. The molecule has 7 heteroatoms. The molecule has 2 rings (SSSR count). The number of nitrogens with one attached hydrogen (secondary N) is 1. The Morgan fingerprint density at radius 2 is 2.00 bits per heavy atom. The Labute approximate surface area is 130 Å². The van der Waals surface area contributed by atoms with E-state index in [1.54, 1.807) is 11.7 Å². The van der Waals surface area contributed by atoms with Crippen LogP contribution in [0.4, 0.5) is 8.78 Å². The van der Waals surface area contributed by atoms with E-state index in [9.17, 15) is 8.78 Å². The maximum absolute atomic E-state index is 14.2. The van der Waals surface area contributed by atoms with Gasteiger partial charge in [0.1, 0.15) is 23.8 Å². The summed E-state index contributed by atoms with van der Waals surface area (Å²) < 4.78 is 30.3. The van der Waals surface area contributed by atoms with Gasteiger partial charge in [0.25, 0.3) is 0 Å². The zero-order valence-electron chi connectivity index (χ0n) is 11.9. The van der Waals surface area contributed by atoms with Crippen LogP contribution in [-0.4, -0.2) is 21.3 Å². The second-order valence-electron chi connectivity index (χ2n) is 4.79. The Bertz CT molecular complexity index is 592. The molecular formula is C14H17BrF2N4. The van der Waals surface area contributed by atoms with E-state index in [0.717, 1.165) is 6.42 Å². The van der Waals surface area contributed by atoms with Gasteiger partial charge in [0.2, 0.25) is 0 Å². The molecule has 0 spiro atoms. The topological polar surface area (TPSA) is 42.7 Å². The molecule has 0 saturated carbocycles. The highest BCUT2D eigenvalue weighted by Gasteiger charge is 2.22. The summed E-state index contributed by atoms with van der Waals surface area (Å²) in [5.41, 5.74) is 0.0367. The fourth-order valence-corrected chi connectivity index (χ4v) is 2.57. The van der Waals surface area contributed by atoms with Crippen molar-refractivity contribution in [3.8, 4) is 0 Å². The highest BCUT2D eigenvalue weighted by Crippen LogP contribution is 2.27. The standard InChI is InChI=1S/C14H17BrF2N4/c1-3-4-18-12(7-13-19-8-20-21(13)2)14-10(16)5-9(15)6-11(14)17/h5-6,8,12,18H,3-4,7H2,1-2H3. The molecule has 1 N–H and O–H groups in total. The van der Waals surface area contributed by atoms with Crippen LogP contribution in [0.2, 0.25) is 0 Å². The Morgan fingerprint density at radius 3 is 2.52 bits per heavy atom. The number of hydrogen-bond donors (Lipinski definition) is 1. The predicted octanol–water partition coefficient (Wildman–Crippen LogP) is 3.14. The lowest BCUT2D eigenvalue weighted by Gasteiger charge is -2.20. The molecular weight excluding hydrogens is 342 g/mol. The number of aryl methyl sites for hydroxylation is 1. The minimum Gasteiger partial charge on any atom is -0.309 e. The van der Waals surface area contributed by atoms with Gasteiger partial charge in [-0.2, -0.15) is 5.10 Å². The van der Waals surface area contributed by atoms with Crippen LogP contribution in [0.25, 0.3) is 0 Å². The first-order chi connectivity index (χ1) is 10.0. The SMILES string of the molecule is CCCNC(Cc1ncnn1C)c1c(F)cc(Br)cc1F. The van der Waals surface area contributed by atoms with Gasteiger partial charge < -0.3 is 5.32 Å². The summed E-state index contributed by atoms with van der Waals surface area (Å²) in [5.74, 6) is -0.472. The molecule has 1 aromatic heterocycles. The number of hydrogen-bond acceptors (Lipinski definition) is 3. The quantitative estimate of drug-likeness (QED) is 0.862. The normalized spacial score (nSPS) is 12.6. The van der Waals surface area contributed by atoms with Crippen molar-refractivity contribution in [1.29, 1.82) is 0 Å². The molecule has 0 aliphatic carbocycles. The number of aromatic nitrogens is 3. The third kappa shape index (κ3) is 3.85. The van der Waals surface area contributed by atoms with Crippen LogP contribution >= 0.6 is 15.9 Å². The van der Waals surface area contributed by atoms with Crippen molar-refractivity contribution >= 4 is 15.9 Å². The van der Waals surface area contributed by atoms with Crippen molar-refractivity contribution in [3.63, 3.8) is 0 Å². The van der Waals surface area contributed by atoms with E-state index in [4.69, 9.17) is 0 Å². The first-order valence-corrected chi connectivity index (χ1v) is 7.53. The minimum atomic E-state index is -0.572. The Morgan fingerprint density at radius 1 is 1.33 bits per heavy atom. The maximum Gasteiger partial charge on any atom is 0.138 e. The maximum atomic E-state index is 14.2. The summed E-state index contributed by atoms with van der Waals surface area (Å²) in [5, 5.41) is 7.16. The third-order valence-electron chi connectivity index (χ3n) is 3.22. The lowest BCUT2D eigenvalue weighted by Crippen LogP contribution is -2.27. The van der Waals surface area contributed by atoms with E-state index >= 15 is 0 Å². The summed E-state index contributed by atoms with van der Waals surface area (Å²) in [6.07, 6.45) is 2.67. The van der Waals surface area contributed by atoms with Crippen molar-refractivity contribution in [2.45, 2.75) is 25.8 Å². The molecule has 114 valence electrons. The number of nitrogens with zero attached hydrogens (tertiary/aromatic N) is 3. The van der Waals surface area contributed by atoms with E-state index in [1.165, 1.54) is 18.5 Å². The molecule has 0 bridgehead atoms. The lowest BCUT2D eigenvalue weighted by atomic mass is 10.0. The van der Waals surface area contributed by atoms with Gasteiger partial charge in [-0.1, -0.05) is 22.9 Å². The fraction of sp³-hybridized carbons (Fsp3) is 0.429. The van der Waals surface area contributed by atoms with Gasteiger partial charge in [-0.3, -0.25) is 4.68 Å². The van der Waals surface area contributed by atoms with Crippen molar-refractivity contribution in [2.24, 2.45) is 7.05 Å². The van der Waals surface area contributed by atoms with Crippen molar-refractivity contribution < 1.29 is 8.78 Å². The zero-order chi connectivity index (χ0) is 15.4. The van der Waals surface area contributed by atoms with Crippen molar-refractivity contribution in [3.05, 3.63) is 46.0 Å². The van der Waals surface area contributed by atoms with E-state index in [1.807, 2.05) is 6.92 Å². The lowest BCUT2D eigenvalue weighted by molar-refractivity contribution is 0.452. The average molecular weight is 359 g/mol. The highest BCUT2D eigenvalue weighted by atomic mass is 79.9. The monoisotopic (exact) mass is 358 g/mol. The third-order valence-corrected chi connectivity index (χ3v) is 3.68. The van der Waals surface area contributed by atoms with Gasteiger partial charge >= 0.3 is 0 Å². The van der Waals surface area contributed by atoms with E-state index in [0.29, 0.717) is 23.3 Å². The molecule has 1 heterocycles. The van der Waals surface area contributed by atoms with Crippen LogP contribution in [0.5, 0.6) is 0 Å². The summed E-state index contributed by atoms with van der Waals surface area (Å²) in [6.45, 7) is 2.66. The summed E-state index contributed by atoms with van der Waals surface area (Å²) in [7, 11) is 1.76. The molecule has 2 aromatic rings. The molecule has 0 amide bonds. The highest BCUT2D eigenvalue weighted by molar-refractivity contribution is 9.10. The second-order valence-corrected chi connectivity index (χ2v) is 5.71. The first-order valence-electron chi connectivity index (χ1n) is 6.73. The smallest absolute Gasteiger partial charge is 0.138 e. The molecule has 0 fully saturated rings. The summed E-state index contributed by atoms with van der Waals surface area (Å²) in [6, 6.07) is 2.06. The average Bonchev–Trinajstić information content (AvgIpc) is 2.80. The van der Waals surface area contributed by atoms with Crippen molar-refractivity contribution in [2.75, 3.05) is 6.54 Å². The summed E-state index contributed by atoms with van der Waals surface area (Å²) in [4.78, 5) is 4.12. The predicted molar refractivity (Wildman–Crippen MR) is 79.8 cm³/mol. The van der Waals surface area contributed by atoms with E-state index in [-0.39, 0.29) is 5.56 Å². The van der Waals surface area contributed by atoms with Crippen LogP contribution < -0.4 is 5.32 Å². The molecule has 4 nitrogen and oxygen atoms in total. The Hall–Kier alpha value is -1.34. The molecule has 0 radical (unpaired) electrons. The fourth-order valence-electron chi connectivity index (χ4n) is 2.17. The molecule has 1 unspecified atom stereocenters. The van der Waals surface area contributed by atoms with Crippen molar-refractivity contribution in [1.82, 2.24) is 20.1 Å². The second kappa shape index (κ2) is 7.09. The number of halogens is 3. The number of benzene rings is 1. The van der Waals surface area contributed by atoms with Gasteiger partial charge in [-0.25, -0.2) is 13.8 Å². The van der Waals surface area contributed by atoms with E-state index < -0.39 is 17.7 Å². The van der Waals surface area contributed by atoms with Gasteiger partial charge in [-0.05, 0) is 25.1 Å². The van der Waals surface area contributed by atoms with Crippen LogP contribution in [0.3, 0.4) is 0 Å². The van der Waals surface area contributed by atoms with Gasteiger partial charge in [0.05, 0.1) is 0 Å². The van der Waals surface area contributed by atoms with Crippen LogP contribution in [0, 0.1) is 11.6 Å². The minimum absolute atomic E-state index is 0.0367. The largest absolute Gasteiger partial charge is 0.309 e. The Kier molecular flexibility index (Phi) is 5.41.